The van der Waals surface area contributed by atoms with E-state index in [2.05, 4.69) is 4.98 Å². The predicted octanol–water partition coefficient (Wildman–Crippen LogP) is -0.227. The van der Waals surface area contributed by atoms with Crippen LogP contribution >= 0.6 is 11.8 Å². The molecule has 3 atom stereocenters. The minimum absolute atomic E-state index is 0.0669. The molecule has 0 radical (unpaired) electrons. The molecule has 2 rings (SSSR count). The van der Waals surface area contributed by atoms with Crippen molar-refractivity contribution < 1.29 is 14.6 Å². The molecule has 1 aliphatic rings. The number of aromatic nitrogens is 2. The van der Waals surface area contributed by atoms with Gasteiger partial charge in [-0.05, 0) is 6.92 Å². The van der Waals surface area contributed by atoms with Crippen molar-refractivity contribution in [3.63, 3.8) is 0 Å². The first kappa shape index (κ1) is 15.0. The number of hydrogen-bond acceptors (Lipinski definition) is 6. The Morgan fingerprint density at radius 2 is 2.30 bits per heavy atom. The summed E-state index contributed by atoms with van der Waals surface area (Å²) in [6.45, 7) is 2.82. The van der Waals surface area contributed by atoms with E-state index < -0.39 is 23.6 Å². The van der Waals surface area contributed by atoms with Crippen molar-refractivity contribution in [2.45, 2.75) is 37.9 Å². The lowest BCUT2D eigenvalue weighted by atomic mass is 10.2. The van der Waals surface area contributed by atoms with E-state index in [0.717, 1.165) is 11.8 Å². The monoisotopic (exact) mass is 300 g/mol. The molecule has 2 N–H and O–H groups in total. The number of aliphatic hydroxyl groups is 1. The van der Waals surface area contributed by atoms with E-state index in [-0.39, 0.29) is 17.0 Å². The average Bonchev–Trinajstić information content (AvgIpc) is 2.75. The van der Waals surface area contributed by atoms with Gasteiger partial charge >= 0.3 is 5.69 Å². The maximum absolute atomic E-state index is 11.8. The molecule has 1 fully saturated rings. The van der Waals surface area contributed by atoms with E-state index in [4.69, 9.17) is 4.74 Å². The number of carbonyl (C=O) groups excluding carboxylic acids is 1. The van der Waals surface area contributed by atoms with Crippen LogP contribution in [-0.2, 0) is 9.53 Å². The molecule has 0 bridgehead atoms. The third kappa shape index (κ3) is 3.02. The number of carbonyl (C=O) groups is 1. The maximum atomic E-state index is 11.8. The fourth-order valence-electron chi connectivity index (χ4n) is 2.17. The quantitative estimate of drug-likeness (QED) is 0.800. The molecule has 8 heteroatoms. The first-order valence-corrected chi connectivity index (χ1v) is 7.06. The summed E-state index contributed by atoms with van der Waals surface area (Å²) >= 11 is 1.10. The lowest BCUT2D eigenvalue weighted by Gasteiger charge is -2.15. The van der Waals surface area contributed by atoms with Crippen molar-refractivity contribution in [1.29, 1.82) is 0 Å². The molecule has 0 aliphatic carbocycles. The normalized spacial score (nSPS) is 25.9. The molecule has 1 aliphatic heterocycles. The van der Waals surface area contributed by atoms with Crippen LogP contribution in [0.3, 0.4) is 0 Å². The van der Waals surface area contributed by atoms with Crippen LogP contribution in [0.1, 0.15) is 25.1 Å². The number of aryl methyl sites for hydroxylation is 1. The van der Waals surface area contributed by atoms with Crippen LogP contribution in [0.15, 0.2) is 15.8 Å². The highest BCUT2D eigenvalue weighted by atomic mass is 32.2. The van der Waals surface area contributed by atoms with Gasteiger partial charge in [0.15, 0.2) is 5.12 Å². The van der Waals surface area contributed by atoms with Crippen molar-refractivity contribution in [3.05, 3.63) is 32.6 Å². The number of nitrogens with one attached hydrogen (secondary N) is 1. The highest BCUT2D eigenvalue weighted by Crippen LogP contribution is 2.35. The molecule has 110 valence electrons. The van der Waals surface area contributed by atoms with Gasteiger partial charge in [0.2, 0.25) is 0 Å². The van der Waals surface area contributed by atoms with Crippen LogP contribution in [0.2, 0.25) is 0 Å². The van der Waals surface area contributed by atoms with Crippen molar-refractivity contribution >= 4 is 16.9 Å². The lowest BCUT2D eigenvalue weighted by molar-refractivity contribution is -0.109. The van der Waals surface area contributed by atoms with Gasteiger partial charge in [0.25, 0.3) is 5.56 Å². The molecule has 1 saturated heterocycles. The molecule has 0 amide bonds. The molecule has 7 nitrogen and oxygen atoms in total. The van der Waals surface area contributed by atoms with E-state index in [0.29, 0.717) is 12.0 Å². The van der Waals surface area contributed by atoms with Crippen LogP contribution in [0.5, 0.6) is 0 Å². The number of H-pyrrole nitrogens is 1. The maximum Gasteiger partial charge on any atom is 0.330 e. The van der Waals surface area contributed by atoms with Gasteiger partial charge in [-0.2, -0.15) is 0 Å². The van der Waals surface area contributed by atoms with E-state index in [1.807, 2.05) is 0 Å². The van der Waals surface area contributed by atoms with Gasteiger partial charge in [-0.15, -0.1) is 0 Å². The van der Waals surface area contributed by atoms with Crippen molar-refractivity contribution in [2.75, 3.05) is 6.61 Å². The molecule has 0 aromatic carbocycles. The SMILES string of the molecule is CC(=O)SC1C[C@H](n2cc(C)c(=O)[nH]c2=O)O[C@@H]1CO. The number of rotatable bonds is 3. The Labute approximate surface area is 119 Å². The molecule has 2 heterocycles. The van der Waals surface area contributed by atoms with E-state index >= 15 is 0 Å². The van der Waals surface area contributed by atoms with Crippen LogP contribution in [0.4, 0.5) is 0 Å². The van der Waals surface area contributed by atoms with Crippen molar-refractivity contribution in [3.8, 4) is 0 Å². The Bertz CT molecular complexity index is 623. The second-order valence-electron chi connectivity index (χ2n) is 4.67. The third-order valence-electron chi connectivity index (χ3n) is 3.13. The van der Waals surface area contributed by atoms with Gasteiger partial charge in [0, 0.05) is 30.4 Å². The number of thioether (sulfide) groups is 1. The lowest BCUT2D eigenvalue weighted by Crippen LogP contribution is -2.33. The van der Waals surface area contributed by atoms with E-state index in [1.54, 1.807) is 6.92 Å². The Morgan fingerprint density at radius 3 is 2.90 bits per heavy atom. The predicted molar refractivity (Wildman–Crippen MR) is 73.7 cm³/mol. The first-order chi connectivity index (χ1) is 9.42. The Morgan fingerprint density at radius 1 is 1.60 bits per heavy atom. The Balaban J connectivity index is 2.27. The van der Waals surface area contributed by atoms with Gasteiger partial charge in [0.05, 0.1) is 12.7 Å². The summed E-state index contributed by atoms with van der Waals surface area (Å²) in [4.78, 5) is 36.5. The van der Waals surface area contributed by atoms with Crippen LogP contribution in [0, 0.1) is 6.92 Å². The van der Waals surface area contributed by atoms with Crippen LogP contribution in [0.25, 0.3) is 0 Å². The standard InChI is InChI=1S/C12H16N2O5S/c1-6-4-14(12(18)13-11(6)17)10-3-9(20-7(2)16)8(5-15)19-10/h4,8-10,15H,3,5H2,1-2H3,(H,13,17,18)/t8-,9?,10-/m1/s1. The number of aromatic amines is 1. The molecule has 0 spiro atoms. The van der Waals surface area contributed by atoms with Gasteiger partial charge in [-0.1, -0.05) is 11.8 Å². The highest BCUT2D eigenvalue weighted by molar-refractivity contribution is 8.14. The van der Waals surface area contributed by atoms with E-state index in [9.17, 15) is 19.5 Å². The minimum atomic E-state index is -0.591. The highest BCUT2D eigenvalue weighted by Gasteiger charge is 2.37. The molecule has 1 aromatic heterocycles. The average molecular weight is 300 g/mol. The van der Waals surface area contributed by atoms with Crippen molar-refractivity contribution in [1.82, 2.24) is 9.55 Å². The van der Waals surface area contributed by atoms with Crippen LogP contribution in [-0.4, -0.2) is 37.7 Å². The molecule has 20 heavy (non-hydrogen) atoms. The smallest absolute Gasteiger partial charge is 0.330 e. The molecule has 0 saturated carbocycles. The van der Waals surface area contributed by atoms with Crippen LogP contribution < -0.4 is 11.2 Å². The minimum Gasteiger partial charge on any atom is -0.394 e. The van der Waals surface area contributed by atoms with Gasteiger partial charge in [-0.3, -0.25) is 19.1 Å². The number of hydrogen-bond donors (Lipinski definition) is 2. The second-order valence-corrected chi connectivity index (χ2v) is 6.09. The summed E-state index contributed by atoms with van der Waals surface area (Å²) in [5.74, 6) is 0. The van der Waals surface area contributed by atoms with Gasteiger partial charge in [-0.25, -0.2) is 4.79 Å². The van der Waals surface area contributed by atoms with Gasteiger partial charge in [0.1, 0.15) is 6.23 Å². The van der Waals surface area contributed by atoms with Crippen molar-refractivity contribution in [2.24, 2.45) is 0 Å². The topological polar surface area (TPSA) is 101 Å². The Hall–Kier alpha value is -1.38. The summed E-state index contributed by atoms with van der Waals surface area (Å²) < 4.78 is 6.90. The zero-order valence-electron chi connectivity index (χ0n) is 11.2. The zero-order valence-corrected chi connectivity index (χ0v) is 12.0. The zero-order chi connectivity index (χ0) is 14.9. The molecular formula is C12H16N2O5S. The molecule has 1 aromatic rings. The first-order valence-electron chi connectivity index (χ1n) is 6.18. The van der Waals surface area contributed by atoms with Gasteiger partial charge < -0.3 is 9.84 Å². The molecule has 1 unspecified atom stereocenters. The fourth-order valence-corrected chi connectivity index (χ4v) is 3.16. The third-order valence-corrected chi connectivity index (χ3v) is 4.26. The van der Waals surface area contributed by atoms with E-state index in [1.165, 1.54) is 17.7 Å². The largest absolute Gasteiger partial charge is 0.394 e. The number of ether oxygens (including phenoxy) is 1. The fraction of sp³-hybridized carbons (Fsp3) is 0.583. The number of aliphatic hydroxyl groups excluding tert-OH is 1. The summed E-state index contributed by atoms with van der Waals surface area (Å²) in [7, 11) is 0. The summed E-state index contributed by atoms with van der Waals surface area (Å²) in [5, 5.41) is 9.01. The number of nitrogens with zero attached hydrogens (tertiary/aromatic N) is 1. The summed E-state index contributed by atoms with van der Waals surface area (Å²) in [6.07, 6.45) is 0.752. The second kappa shape index (κ2) is 5.94. The molecular weight excluding hydrogens is 284 g/mol. The summed E-state index contributed by atoms with van der Waals surface area (Å²) in [6, 6.07) is 0. The summed E-state index contributed by atoms with van der Waals surface area (Å²) in [5.41, 5.74) is -0.593. The Kier molecular flexibility index (Phi) is 4.46.